The molecule has 13 nitrogen and oxygen atoms in total. The molecule has 1 aliphatic carbocycles. The molecule has 1 saturated heterocycles. The largest absolute Gasteiger partial charge is 0.466 e. The summed E-state index contributed by atoms with van der Waals surface area (Å²) in [6.07, 6.45) is 2.51. The van der Waals surface area contributed by atoms with E-state index in [2.05, 4.69) is 20.4 Å². The van der Waals surface area contributed by atoms with Gasteiger partial charge in [-0.3, -0.25) is 9.88 Å². The molecule has 5 rings (SSSR count). The molecule has 3 aromatic rings. The van der Waals surface area contributed by atoms with Gasteiger partial charge in [0, 0.05) is 17.3 Å². The Kier molecular flexibility index (Phi) is 7.95. The average molecular weight is 536 g/mol. The van der Waals surface area contributed by atoms with E-state index in [1.165, 1.54) is 15.8 Å². The second kappa shape index (κ2) is 11.0. The minimum Gasteiger partial charge on any atom is -0.441 e. The third-order valence-electron chi connectivity index (χ3n) is 5.77. The van der Waals surface area contributed by atoms with Gasteiger partial charge in [-0.25, -0.2) is 13.8 Å². The van der Waals surface area contributed by atoms with E-state index in [-0.39, 0.29) is 12.5 Å². The molecule has 0 radical (unpaired) electrons. The fourth-order valence-electron chi connectivity index (χ4n) is 3.85. The van der Waals surface area contributed by atoms with Gasteiger partial charge in [-0.1, -0.05) is 13.0 Å². The normalized spacial score (nSPS) is 18.3. The van der Waals surface area contributed by atoms with Crippen molar-refractivity contribution >= 4 is 19.6 Å². The van der Waals surface area contributed by atoms with Crippen LogP contribution >= 0.6 is 7.82 Å². The van der Waals surface area contributed by atoms with Gasteiger partial charge in [-0.2, -0.15) is 4.80 Å². The lowest BCUT2D eigenvalue weighted by Crippen LogP contribution is -2.32. The van der Waals surface area contributed by atoms with Crippen LogP contribution in [0.1, 0.15) is 26.2 Å². The first-order chi connectivity index (χ1) is 17.5. The van der Waals surface area contributed by atoms with Gasteiger partial charge < -0.3 is 24.5 Å². The highest BCUT2D eigenvalue weighted by Gasteiger charge is 2.43. The molecule has 1 amide bonds. The first-order valence-electron chi connectivity index (χ1n) is 11.5. The minimum atomic E-state index is -4.64. The number of tetrazole rings is 1. The molecule has 2 fully saturated rings. The van der Waals surface area contributed by atoms with E-state index in [0.717, 1.165) is 19.3 Å². The second-order valence-corrected chi connectivity index (χ2v) is 9.71. The number of carbonyl (C=O) groups excluding carboxylic acids is 1. The van der Waals surface area contributed by atoms with E-state index in [1.54, 1.807) is 30.5 Å². The van der Waals surface area contributed by atoms with Crippen LogP contribution in [0.15, 0.2) is 36.5 Å². The predicted molar refractivity (Wildman–Crippen MR) is 127 cm³/mol. The van der Waals surface area contributed by atoms with Crippen molar-refractivity contribution in [2.24, 2.45) is 5.92 Å². The molecule has 198 valence electrons. The molecule has 2 aliphatic rings. The number of pyridine rings is 1. The number of aliphatic hydroxyl groups is 1. The molecule has 1 saturated carbocycles. The summed E-state index contributed by atoms with van der Waals surface area (Å²) in [5.74, 6) is 0.119. The first-order valence-corrected chi connectivity index (χ1v) is 13.1. The van der Waals surface area contributed by atoms with Crippen LogP contribution in [0, 0.1) is 11.7 Å². The summed E-state index contributed by atoms with van der Waals surface area (Å²) in [7, 11) is -4.64. The van der Waals surface area contributed by atoms with Crippen LogP contribution in [0.25, 0.3) is 22.6 Å². The number of anilines is 1. The zero-order chi connectivity index (χ0) is 26.7. The zero-order valence-electron chi connectivity index (χ0n) is 19.8. The summed E-state index contributed by atoms with van der Waals surface area (Å²) in [5.41, 5.74) is 1.89. The highest BCUT2D eigenvalue weighted by molar-refractivity contribution is 7.45. The maximum atomic E-state index is 14.9. The Morgan fingerprint density at radius 2 is 1.95 bits per heavy atom. The molecule has 1 aromatic carbocycles. The van der Waals surface area contributed by atoms with Crippen molar-refractivity contribution in [1.82, 2.24) is 25.2 Å². The van der Waals surface area contributed by atoms with Gasteiger partial charge in [0.25, 0.3) is 0 Å². The first kappa shape index (κ1) is 26.8. The Labute approximate surface area is 210 Å². The third kappa shape index (κ3) is 6.93. The second-order valence-electron chi connectivity index (χ2n) is 8.68. The van der Waals surface area contributed by atoms with Gasteiger partial charge in [0.15, 0.2) is 0 Å². The number of amides is 1. The number of benzene rings is 1. The van der Waals surface area contributed by atoms with E-state index in [0.29, 0.717) is 34.9 Å². The number of hydrogen-bond donors (Lipinski definition) is 4. The lowest BCUT2D eigenvalue weighted by molar-refractivity contribution is 0.0200. The Balaban J connectivity index is 0.000000586. The van der Waals surface area contributed by atoms with Crippen molar-refractivity contribution in [3.05, 3.63) is 42.3 Å². The molecule has 2 unspecified atom stereocenters. The average Bonchev–Trinajstić information content (AvgIpc) is 3.46. The highest BCUT2D eigenvalue weighted by atomic mass is 31.2. The maximum absolute atomic E-state index is 14.9. The van der Waals surface area contributed by atoms with Crippen molar-refractivity contribution in [3.63, 3.8) is 0 Å². The van der Waals surface area contributed by atoms with Gasteiger partial charge in [0.2, 0.25) is 5.82 Å². The van der Waals surface area contributed by atoms with Crippen LogP contribution < -0.4 is 4.90 Å². The summed E-state index contributed by atoms with van der Waals surface area (Å²) in [6, 6.07) is 8.03. The number of phosphoric acid groups is 1. The molecule has 0 spiro atoms. The van der Waals surface area contributed by atoms with Gasteiger partial charge >= 0.3 is 13.9 Å². The number of aromatic nitrogens is 5. The standard InChI is InChI=1S/C22H23FN6O3.H3O4P/c1-2-9-29-26-21(25-27-29)18-8-5-14(11-24-18)16-7-6-15(10-17(16)23)28-12-19(32-22(28)31)20(30)13-3-4-13;1-5(2,3)4/h5-8,10-11,13,19-20,30H,2-4,9,12H2,1H3;(H3,1,2,3,4). The lowest BCUT2D eigenvalue weighted by atomic mass is 10.1. The van der Waals surface area contributed by atoms with Crippen LogP contribution in [0.3, 0.4) is 0 Å². The summed E-state index contributed by atoms with van der Waals surface area (Å²) < 4.78 is 29.1. The Hall–Kier alpha value is -3.29. The molecule has 3 heterocycles. The Morgan fingerprint density at radius 3 is 2.54 bits per heavy atom. The van der Waals surface area contributed by atoms with E-state index in [4.69, 9.17) is 24.0 Å². The topological polar surface area (TPSA) is 184 Å². The number of halogens is 1. The van der Waals surface area contributed by atoms with Crippen LogP contribution in [0.2, 0.25) is 0 Å². The molecule has 2 aromatic heterocycles. The molecule has 0 bridgehead atoms. The van der Waals surface area contributed by atoms with Crippen LogP contribution in [-0.2, 0) is 15.8 Å². The van der Waals surface area contributed by atoms with Crippen molar-refractivity contribution in [2.45, 2.75) is 44.9 Å². The number of aliphatic hydroxyl groups excluding tert-OH is 1. The minimum absolute atomic E-state index is 0.189. The van der Waals surface area contributed by atoms with Crippen LogP contribution in [0.5, 0.6) is 0 Å². The SMILES string of the molecule is CCCn1nnc(-c2ccc(-c3ccc(N4CC(C(O)C5CC5)OC4=O)cc3F)cn2)n1.O=P(O)(O)O. The molecule has 37 heavy (non-hydrogen) atoms. The zero-order valence-corrected chi connectivity index (χ0v) is 20.6. The Morgan fingerprint density at radius 1 is 1.22 bits per heavy atom. The molecule has 1 aliphatic heterocycles. The summed E-state index contributed by atoms with van der Waals surface area (Å²) in [6.45, 7) is 2.91. The van der Waals surface area contributed by atoms with E-state index in [9.17, 15) is 14.3 Å². The van der Waals surface area contributed by atoms with E-state index >= 15 is 0 Å². The number of ether oxygens (including phenoxy) is 1. The molecule has 2 atom stereocenters. The predicted octanol–water partition coefficient (Wildman–Crippen LogP) is 2.12. The lowest BCUT2D eigenvalue weighted by Gasteiger charge is -2.16. The van der Waals surface area contributed by atoms with Gasteiger partial charge in [-0.15, -0.1) is 10.2 Å². The number of carbonyl (C=O) groups is 1. The number of nitrogens with zero attached hydrogens (tertiary/aromatic N) is 6. The molecular weight excluding hydrogens is 510 g/mol. The molecule has 4 N–H and O–H groups in total. The van der Waals surface area contributed by atoms with Gasteiger partial charge in [0.1, 0.15) is 17.6 Å². The summed E-state index contributed by atoms with van der Waals surface area (Å²) >= 11 is 0. The Bertz CT molecular complexity index is 1290. The van der Waals surface area contributed by atoms with Crippen molar-refractivity contribution < 1.29 is 38.3 Å². The van der Waals surface area contributed by atoms with Crippen LogP contribution in [-0.4, -0.2) is 69.8 Å². The number of rotatable bonds is 7. The van der Waals surface area contributed by atoms with Crippen molar-refractivity contribution in [1.29, 1.82) is 0 Å². The maximum Gasteiger partial charge on any atom is 0.466 e. The quantitative estimate of drug-likeness (QED) is 0.324. The summed E-state index contributed by atoms with van der Waals surface area (Å²) in [4.78, 5) is 41.0. The summed E-state index contributed by atoms with van der Waals surface area (Å²) in [5, 5.41) is 22.5. The fourth-order valence-corrected chi connectivity index (χ4v) is 3.85. The molecule has 15 heteroatoms. The van der Waals surface area contributed by atoms with Crippen LogP contribution in [0.4, 0.5) is 14.9 Å². The van der Waals surface area contributed by atoms with E-state index in [1.807, 2.05) is 6.92 Å². The highest BCUT2D eigenvalue weighted by Crippen LogP contribution is 2.37. The van der Waals surface area contributed by atoms with Gasteiger partial charge in [-0.05, 0) is 54.7 Å². The van der Waals surface area contributed by atoms with Crippen molar-refractivity contribution in [2.75, 3.05) is 11.4 Å². The van der Waals surface area contributed by atoms with Crippen molar-refractivity contribution in [3.8, 4) is 22.6 Å². The number of aryl methyl sites for hydroxylation is 1. The van der Waals surface area contributed by atoms with E-state index < -0.39 is 31.9 Å². The fraction of sp³-hybridized carbons (Fsp3) is 0.409. The monoisotopic (exact) mass is 536 g/mol. The number of cyclic esters (lactones) is 1. The molecular formula is C22H26FN6O7P. The smallest absolute Gasteiger partial charge is 0.441 e. The third-order valence-corrected chi connectivity index (χ3v) is 5.77. The van der Waals surface area contributed by atoms with Gasteiger partial charge in [0.05, 0.1) is 24.9 Å². The number of hydrogen-bond acceptors (Lipinski definition) is 8.